The van der Waals surface area contributed by atoms with Crippen molar-refractivity contribution in [1.29, 1.82) is 0 Å². The molecule has 1 aromatic carbocycles. The molecule has 3 aromatic rings. The highest BCUT2D eigenvalue weighted by molar-refractivity contribution is 5.89. The third-order valence-electron chi connectivity index (χ3n) is 3.36. The lowest BCUT2D eigenvalue weighted by Crippen LogP contribution is -2.28. The van der Waals surface area contributed by atoms with Crippen LogP contribution in [0.3, 0.4) is 0 Å². The topological polar surface area (TPSA) is 67.2 Å². The van der Waals surface area contributed by atoms with E-state index in [1.807, 2.05) is 55.5 Å². The molecule has 0 aliphatic heterocycles. The lowest BCUT2D eigenvalue weighted by atomic mass is 10.2. The molecule has 5 heteroatoms. The van der Waals surface area contributed by atoms with Gasteiger partial charge in [-0.25, -0.2) is 4.79 Å². The maximum atomic E-state index is 11.9. The van der Waals surface area contributed by atoms with Crippen LogP contribution in [0.4, 0.5) is 10.5 Å². The van der Waals surface area contributed by atoms with Crippen molar-refractivity contribution in [3.05, 3.63) is 72.1 Å². The van der Waals surface area contributed by atoms with E-state index in [-0.39, 0.29) is 6.03 Å². The molecule has 0 spiro atoms. The first kappa shape index (κ1) is 14.8. The third-order valence-corrected chi connectivity index (χ3v) is 3.36. The van der Waals surface area contributed by atoms with Gasteiger partial charge in [-0.2, -0.15) is 0 Å². The number of hydrogen-bond donors (Lipinski definition) is 2. The standard InChI is InChI=1S/C18H17N3O2/c1-13-4-6-15(7-5-13)21-18(22)20-12-14-8-9-19-16(11-14)17-3-2-10-23-17/h2-11H,12H2,1H3,(H2,20,21,22). The van der Waals surface area contributed by atoms with Crippen molar-refractivity contribution >= 4 is 11.7 Å². The van der Waals surface area contributed by atoms with Gasteiger partial charge in [-0.1, -0.05) is 17.7 Å². The maximum Gasteiger partial charge on any atom is 0.319 e. The van der Waals surface area contributed by atoms with Crippen LogP contribution < -0.4 is 10.6 Å². The summed E-state index contributed by atoms with van der Waals surface area (Å²) in [6.07, 6.45) is 3.31. The number of nitrogens with one attached hydrogen (secondary N) is 2. The zero-order valence-electron chi connectivity index (χ0n) is 12.7. The van der Waals surface area contributed by atoms with E-state index in [0.717, 1.165) is 22.5 Å². The van der Waals surface area contributed by atoms with E-state index in [4.69, 9.17) is 4.42 Å². The summed E-state index contributed by atoms with van der Waals surface area (Å²) < 4.78 is 5.33. The Hall–Kier alpha value is -3.08. The number of anilines is 1. The van der Waals surface area contributed by atoms with Crippen LogP contribution in [0.1, 0.15) is 11.1 Å². The number of furan rings is 1. The molecule has 0 aliphatic rings. The molecule has 2 aromatic heterocycles. The molecule has 2 N–H and O–H groups in total. The summed E-state index contributed by atoms with van der Waals surface area (Å²) in [5.74, 6) is 0.705. The third kappa shape index (κ3) is 3.97. The second-order valence-electron chi connectivity index (χ2n) is 5.20. The van der Waals surface area contributed by atoms with E-state index >= 15 is 0 Å². The fraction of sp³-hybridized carbons (Fsp3) is 0.111. The minimum absolute atomic E-state index is 0.245. The molecule has 5 nitrogen and oxygen atoms in total. The first-order chi connectivity index (χ1) is 11.2. The molecule has 2 heterocycles. The molecule has 0 aliphatic carbocycles. The summed E-state index contributed by atoms with van der Waals surface area (Å²) in [6.45, 7) is 2.41. The first-order valence-corrected chi connectivity index (χ1v) is 7.31. The van der Waals surface area contributed by atoms with Crippen molar-refractivity contribution in [3.8, 4) is 11.5 Å². The summed E-state index contributed by atoms with van der Waals surface area (Å²) in [5.41, 5.74) is 3.61. The summed E-state index contributed by atoms with van der Waals surface area (Å²) in [5, 5.41) is 5.62. The second-order valence-corrected chi connectivity index (χ2v) is 5.20. The molecule has 23 heavy (non-hydrogen) atoms. The van der Waals surface area contributed by atoms with Crippen LogP contribution >= 0.6 is 0 Å². The number of amides is 2. The van der Waals surface area contributed by atoms with Crippen LogP contribution in [-0.2, 0) is 6.54 Å². The second kappa shape index (κ2) is 6.79. The Morgan fingerprint density at radius 2 is 2.00 bits per heavy atom. The number of hydrogen-bond acceptors (Lipinski definition) is 3. The molecule has 0 bridgehead atoms. The van der Waals surface area contributed by atoms with E-state index < -0.39 is 0 Å². The Morgan fingerprint density at radius 3 is 2.74 bits per heavy atom. The van der Waals surface area contributed by atoms with Crippen LogP contribution in [-0.4, -0.2) is 11.0 Å². The number of pyridine rings is 1. The maximum absolute atomic E-state index is 11.9. The van der Waals surface area contributed by atoms with Crippen LogP contribution in [0.25, 0.3) is 11.5 Å². The van der Waals surface area contributed by atoms with Gasteiger partial charge in [0.05, 0.1) is 6.26 Å². The predicted octanol–water partition coefficient (Wildman–Crippen LogP) is 3.97. The average molecular weight is 307 g/mol. The van der Waals surface area contributed by atoms with Gasteiger partial charge in [-0.05, 0) is 48.9 Å². The minimum Gasteiger partial charge on any atom is -0.463 e. The largest absolute Gasteiger partial charge is 0.463 e. The Kier molecular flexibility index (Phi) is 4.38. The highest BCUT2D eigenvalue weighted by atomic mass is 16.3. The average Bonchev–Trinajstić information content (AvgIpc) is 3.10. The quantitative estimate of drug-likeness (QED) is 0.766. The van der Waals surface area contributed by atoms with Gasteiger partial charge in [0.15, 0.2) is 5.76 Å². The van der Waals surface area contributed by atoms with Gasteiger partial charge >= 0.3 is 6.03 Å². The number of carbonyl (C=O) groups excluding carboxylic acids is 1. The summed E-state index contributed by atoms with van der Waals surface area (Å²) >= 11 is 0. The van der Waals surface area contributed by atoms with Crippen LogP contribution in [0, 0.1) is 6.92 Å². The molecule has 0 unspecified atom stereocenters. The van der Waals surface area contributed by atoms with Gasteiger partial charge in [-0.3, -0.25) is 4.98 Å². The predicted molar refractivity (Wildman–Crippen MR) is 89.0 cm³/mol. The van der Waals surface area contributed by atoms with Crippen molar-refractivity contribution in [2.45, 2.75) is 13.5 Å². The Balaban J connectivity index is 1.58. The molecule has 116 valence electrons. The van der Waals surface area contributed by atoms with Crippen LogP contribution in [0.5, 0.6) is 0 Å². The molecule has 3 rings (SSSR count). The molecule has 0 fully saturated rings. The number of carbonyl (C=O) groups is 1. The lowest BCUT2D eigenvalue weighted by molar-refractivity contribution is 0.251. The minimum atomic E-state index is -0.245. The van der Waals surface area contributed by atoms with Crippen molar-refractivity contribution in [2.24, 2.45) is 0 Å². The van der Waals surface area contributed by atoms with E-state index in [0.29, 0.717) is 12.3 Å². The fourth-order valence-electron chi connectivity index (χ4n) is 2.14. The van der Waals surface area contributed by atoms with E-state index in [1.165, 1.54) is 0 Å². The molecule has 0 radical (unpaired) electrons. The van der Waals surface area contributed by atoms with E-state index in [9.17, 15) is 4.79 Å². The molecule has 0 saturated carbocycles. The highest BCUT2D eigenvalue weighted by Crippen LogP contribution is 2.18. The summed E-state index contributed by atoms with van der Waals surface area (Å²) in [4.78, 5) is 16.2. The first-order valence-electron chi connectivity index (χ1n) is 7.31. The smallest absolute Gasteiger partial charge is 0.319 e. The van der Waals surface area contributed by atoms with Gasteiger partial charge in [-0.15, -0.1) is 0 Å². The summed E-state index contributed by atoms with van der Waals surface area (Å²) in [6, 6.07) is 14.8. The number of urea groups is 1. The van der Waals surface area contributed by atoms with Crippen molar-refractivity contribution in [2.75, 3.05) is 5.32 Å². The highest BCUT2D eigenvalue weighted by Gasteiger charge is 2.05. The van der Waals surface area contributed by atoms with Gasteiger partial charge in [0.1, 0.15) is 5.69 Å². The number of benzene rings is 1. The normalized spacial score (nSPS) is 10.3. The molecular formula is C18H17N3O2. The Bertz CT molecular complexity index is 780. The fourth-order valence-corrected chi connectivity index (χ4v) is 2.14. The van der Waals surface area contributed by atoms with Gasteiger partial charge in [0.2, 0.25) is 0 Å². The monoisotopic (exact) mass is 307 g/mol. The van der Waals surface area contributed by atoms with Crippen LogP contribution in [0.2, 0.25) is 0 Å². The van der Waals surface area contributed by atoms with Crippen molar-refractivity contribution in [3.63, 3.8) is 0 Å². The van der Waals surface area contributed by atoms with E-state index in [1.54, 1.807) is 12.5 Å². The van der Waals surface area contributed by atoms with Gasteiger partial charge in [0, 0.05) is 18.4 Å². The van der Waals surface area contributed by atoms with E-state index in [2.05, 4.69) is 15.6 Å². The molecule has 0 atom stereocenters. The number of aromatic nitrogens is 1. The van der Waals surface area contributed by atoms with Crippen molar-refractivity contribution in [1.82, 2.24) is 10.3 Å². The molecule has 0 saturated heterocycles. The number of aryl methyl sites for hydroxylation is 1. The molecular weight excluding hydrogens is 290 g/mol. The zero-order chi connectivity index (χ0) is 16.1. The SMILES string of the molecule is Cc1ccc(NC(=O)NCc2ccnc(-c3ccco3)c2)cc1. The Labute approximate surface area is 134 Å². The van der Waals surface area contributed by atoms with Gasteiger partial charge in [0.25, 0.3) is 0 Å². The van der Waals surface area contributed by atoms with Crippen molar-refractivity contribution < 1.29 is 9.21 Å². The zero-order valence-corrected chi connectivity index (χ0v) is 12.7. The summed E-state index contributed by atoms with van der Waals surface area (Å²) in [7, 11) is 0. The molecule has 2 amide bonds. The number of nitrogens with zero attached hydrogens (tertiary/aromatic N) is 1. The van der Waals surface area contributed by atoms with Crippen LogP contribution in [0.15, 0.2) is 65.4 Å². The lowest BCUT2D eigenvalue weighted by Gasteiger charge is -2.08. The van der Waals surface area contributed by atoms with Gasteiger partial charge < -0.3 is 15.1 Å². The number of rotatable bonds is 4. The Morgan fingerprint density at radius 1 is 1.17 bits per heavy atom.